The molecule has 0 aromatic heterocycles. The zero-order valence-electron chi connectivity index (χ0n) is 7.21. The first-order chi connectivity index (χ1) is 5.86. The van der Waals surface area contributed by atoms with Gasteiger partial charge in [-0.15, -0.1) is 0 Å². The van der Waals surface area contributed by atoms with Gasteiger partial charge in [0, 0.05) is 23.5 Å². The van der Waals surface area contributed by atoms with Crippen molar-refractivity contribution >= 4 is 17.7 Å². The molecule has 2 aliphatic rings. The smallest absolute Gasteiger partial charge is 0.221 e. The number of carbonyl (C=O) groups excluding carboxylic acids is 1. The summed E-state index contributed by atoms with van der Waals surface area (Å²) in [7, 11) is 0. The SMILES string of the molecule is O=C1CCSC2CCCCC2N1. The Morgan fingerprint density at radius 3 is 3.08 bits per heavy atom. The maximum Gasteiger partial charge on any atom is 0.221 e. The van der Waals surface area contributed by atoms with E-state index in [9.17, 15) is 4.79 Å². The molecular weight excluding hydrogens is 170 g/mol. The lowest BCUT2D eigenvalue weighted by Crippen LogP contribution is -2.41. The number of carbonyl (C=O) groups is 1. The molecule has 1 aliphatic heterocycles. The largest absolute Gasteiger partial charge is 0.352 e. The first kappa shape index (κ1) is 8.42. The lowest BCUT2D eigenvalue weighted by Gasteiger charge is -2.29. The molecule has 68 valence electrons. The number of rotatable bonds is 0. The van der Waals surface area contributed by atoms with Gasteiger partial charge in [0.2, 0.25) is 5.91 Å². The molecule has 2 rings (SSSR count). The van der Waals surface area contributed by atoms with E-state index in [1.165, 1.54) is 25.7 Å². The van der Waals surface area contributed by atoms with Crippen LogP contribution in [-0.2, 0) is 4.79 Å². The van der Waals surface area contributed by atoms with Crippen molar-refractivity contribution < 1.29 is 4.79 Å². The number of nitrogens with one attached hydrogen (secondary N) is 1. The first-order valence-corrected chi connectivity index (χ1v) is 5.82. The minimum atomic E-state index is 0.261. The number of thioether (sulfide) groups is 1. The molecule has 0 spiro atoms. The van der Waals surface area contributed by atoms with Gasteiger partial charge < -0.3 is 5.32 Å². The molecule has 0 aromatic rings. The molecule has 1 heterocycles. The van der Waals surface area contributed by atoms with Crippen molar-refractivity contribution in [3.8, 4) is 0 Å². The minimum absolute atomic E-state index is 0.261. The summed E-state index contributed by atoms with van der Waals surface area (Å²) >= 11 is 1.99. The van der Waals surface area contributed by atoms with Crippen LogP contribution in [0.3, 0.4) is 0 Å². The summed E-state index contributed by atoms with van der Waals surface area (Å²) in [5.41, 5.74) is 0. The van der Waals surface area contributed by atoms with Crippen molar-refractivity contribution in [1.29, 1.82) is 0 Å². The number of hydrogen-bond acceptors (Lipinski definition) is 2. The van der Waals surface area contributed by atoms with Crippen molar-refractivity contribution in [2.24, 2.45) is 0 Å². The van der Waals surface area contributed by atoms with E-state index in [0.717, 1.165) is 12.2 Å². The Hall–Kier alpha value is -0.180. The van der Waals surface area contributed by atoms with Crippen LogP contribution in [0, 0.1) is 0 Å². The number of fused-ring (bicyclic) bond motifs is 1. The van der Waals surface area contributed by atoms with Crippen LogP contribution in [0.15, 0.2) is 0 Å². The summed E-state index contributed by atoms with van der Waals surface area (Å²) in [6, 6.07) is 0.485. The predicted molar refractivity (Wildman–Crippen MR) is 51.3 cm³/mol. The maximum absolute atomic E-state index is 11.2. The Morgan fingerprint density at radius 2 is 2.17 bits per heavy atom. The van der Waals surface area contributed by atoms with Crippen LogP contribution >= 0.6 is 11.8 Å². The second-order valence-corrected chi connectivity index (χ2v) is 4.96. The highest BCUT2D eigenvalue weighted by Gasteiger charge is 2.28. The van der Waals surface area contributed by atoms with E-state index in [1.807, 2.05) is 11.8 Å². The summed E-state index contributed by atoms with van der Waals surface area (Å²) in [5, 5.41) is 3.83. The summed E-state index contributed by atoms with van der Waals surface area (Å²) in [5.74, 6) is 1.28. The van der Waals surface area contributed by atoms with Gasteiger partial charge in [0.1, 0.15) is 0 Å². The molecule has 2 atom stereocenters. The second-order valence-electron chi connectivity index (χ2n) is 3.62. The molecule has 1 saturated heterocycles. The summed E-state index contributed by atoms with van der Waals surface area (Å²) in [4.78, 5) is 11.2. The average Bonchev–Trinajstić information content (AvgIpc) is 2.25. The quantitative estimate of drug-likeness (QED) is 0.620. The van der Waals surface area contributed by atoms with E-state index in [4.69, 9.17) is 0 Å². The van der Waals surface area contributed by atoms with E-state index < -0.39 is 0 Å². The van der Waals surface area contributed by atoms with Crippen LogP contribution in [0.25, 0.3) is 0 Å². The highest BCUT2D eigenvalue weighted by Crippen LogP contribution is 2.30. The standard InChI is InChI=1S/C9H15NOS/c11-9-5-6-12-8-4-2-1-3-7(8)10-9/h7-8H,1-6H2,(H,10,11). The minimum Gasteiger partial charge on any atom is -0.352 e. The van der Waals surface area contributed by atoms with Gasteiger partial charge >= 0.3 is 0 Å². The van der Waals surface area contributed by atoms with Crippen LogP contribution in [0.4, 0.5) is 0 Å². The summed E-state index contributed by atoms with van der Waals surface area (Å²) in [6.07, 6.45) is 5.86. The van der Waals surface area contributed by atoms with Crippen molar-refractivity contribution in [2.75, 3.05) is 5.75 Å². The van der Waals surface area contributed by atoms with E-state index in [0.29, 0.717) is 11.3 Å². The van der Waals surface area contributed by atoms with Crippen molar-refractivity contribution in [3.63, 3.8) is 0 Å². The Balaban J connectivity index is 2.01. The Labute approximate surface area is 77.5 Å². The second kappa shape index (κ2) is 3.69. The average molecular weight is 185 g/mol. The maximum atomic E-state index is 11.2. The molecule has 1 saturated carbocycles. The van der Waals surface area contributed by atoms with Crippen LogP contribution in [0.1, 0.15) is 32.1 Å². The van der Waals surface area contributed by atoms with Crippen LogP contribution in [-0.4, -0.2) is 23.0 Å². The molecule has 2 fully saturated rings. The molecule has 2 unspecified atom stereocenters. The van der Waals surface area contributed by atoms with Gasteiger partial charge in [0.25, 0.3) is 0 Å². The molecular formula is C9H15NOS. The molecule has 12 heavy (non-hydrogen) atoms. The highest BCUT2D eigenvalue weighted by molar-refractivity contribution is 8.00. The fraction of sp³-hybridized carbons (Fsp3) is 0.889. The van der Waals surface area contributed by atoms with Gasteiger partial charge in [-0.25, -0.2) is 0 Å². The molecule has 0 bridgehead atoms. The number of amides is 1. The third kappa shape index (κ3) is 1.76. The highest BCUT2D eigenvalue weighted by atomic mass is 32.2. The van der Waals surface area contributed by atoms with Gasteiger partial charge in [-0.05, 0) is 12.8 Å². The Kier molecular flexibility index (Phi) is 2.59. The van der Waals surface area contributed by atoms with Crippen molar-refractivity contribution in [2.45, 2.75) is 43.4 Å². The fourth-order valence-corrected chi connectivity index (χ4v) is 3.42. The first-order valence-electron chi connectivity index (χ1n) is 4.77. The third-order valence-corrected chi connectivity index (χ3v) is 4.14. The fourth-order valence-electron chi connectivity index (χ4n) is 2.04. The zero-order chi connectivity index (χ0) is 8.39. The molecule has 0 radical (unpaired) electrons. The third-order valence-electron chi connectivity index (χ3n) is 2.71. The molecule has 1 N–H and O–H groups in total. The molecule has 0 aromatic carbocycles. The van der Waals surface area contributed by atoms with Gasteiger partial charge in [-0.1, -0.05) is 12.8 Å². The Morgan fingerprint density at radius 1 is 1.33 bits per heavy atom. The molecule has 1 amide bonds. The van der Waals surface area contributed by atoms with Gasteiger partial charge in [-0.3, -0.25) is 4.79 Å². The van der Waals surface area contributed by atoms with Crippen molar-refractivity contribution in [3.05, 3.63) is 0 Å². The lowest BCUT2D eigenvalue weighted by molar-refractivity contribution is -0.121. The van der Waals surface area contributed by atoms with Crippen LogP contribution in [0.5, 0.6) is 0 Å². The van der Waals surface area contributed by atoms with E-state index in [1.54, 1.807) is 0 Å². The van der Waals surface area contributed by atoms with E-state index >= 15 is 0 Å². The summed E-state index contributed by atoms with van der Waals surface area (Å²) < 4.78 is 0. The monoisotopic (exact) mass is 185 g/mol. The Bertz CT molecular complexity index is 183. The molecule has 1 aliphatic carbocycles. The van der Waals surface area contributed by atoms with Gasteiger partial charge in [0.15, 0.2) is 0 Å². The van der Waals surface area contributed by atoms with Crippen LogP contribution in [0.2, 0.25) is 0 Å². The topological polar surface area (TPSA) is 29.1 Å². The zero-order valence-corrected chi connectivity index (χ0v) is 8.03. The van der Waals surface area contributed by atoms with Crippen LogP contribution < -0.4 is 5.32 Å². The molecule has 2 nitrogen and oxygen atoms in total. The number of hydrogen-bond donors (Lipinski definition) is 1. The molecule has 3 heteroatoms. The normalized spacial score (nSPS) is 36.5. The van der Waals surface area contributed by atoms with Crippen molar-refractivity contribution in [1.82, 2.24) is 5.32 Å². The van der Waals surface area contributed by atoms with E-state index in [-0.39, 0.29) is 5.91 Å². The predicted octanol–water partition coefficient (Wildman–Crippen LogP) is 1.55. The summed E-state index contributed by atoms with van der Waals surface area (Å²) in [6.45, 7) is 0. The van der Waals surface area contributed by atoms with E-state index in [2.05, 4.69) is 5.32 Å². The van der Waals surface area contributed by atoms with Gasteiger partial charge in [-0.2, -0.15) is 11.8 Å². The van der Waals surface area contributed by atoms with Gasteiger partial charge in [0.05, 0.1) is 0 Å². The lowest BCUT2D eigenvalue weighted by atomic mass is 9.95.